The summed E-state index contributed by atoms with van der Waals surface area (Å²) in [6.45, 7) is 7.44. The monoisotopic (exact) mass is 1620 g/mol. The average molecular weight is 1620 g/mol. The number of phosphoric acid groups is 2. The number of phosphoric ester groups is 2. The van der Waals surface area contributed by atoms with Gasteiger partial charge in [0.2, 0.25) is 0 Å². The molecule has 0 aromatic carbocycles. The van der Waals surface area contributed by atoms with Gasteiger partial charge in [0.25, 0.3) is 0 Å². The van der Waals surface area contributed by atoms with Crippen LogP contribution in [-0.2, 0) is 65.4 Å². The molecular weight excluding hydrogens is 1440 g/mol. The highest BCUT2D eigenvalue weighted by atomic mass is 31.2. The van der Waals surface area contributed by atoms with Crippen molar-refractivity contribution in [2.75, 3.05) is 39.6 Å². The van der Waals surface area contributed by atoms with Crippen LogP contribution in [0.25, 0.3) is 0 Å². The summed E-state index contributed by atoms with van der Waals surface area (Å²) >= 11 is 0. The normalized spacial score (nSPS) is 13.7. The number of carbonyl (C=O) groups is 4. The van der Waals surface area contributed by atoms with Gasteiger partial charge in [-0.3, -0.25) is 37.3 Å². The zero-order valence-electron chi connectivity index (χ0n) is 73.1. The minimum absolute atomic E-state index is 0.109. The summed E-state index contributed by atoms with van der Waals surface area (Å²) in [7, 11) is -9.94. The number of ether oxygens (including phenoxy) is 4. The summed E-state index contributed by atoms with van der Waals surface area (Å²) in [6.07, 6.45) is 80.6. The van der Waals surface area contributed by atoms with Crippen LogP contribution in [-0.4, -0.2) is 96.7 Å². The van der Waals surface area contributed by atoms with Gasteiger partial charge in [0.1, 0.15) is 19.3 Å². The molecule has 19 heteroatoms. The van der Waals surface area contributed by atoms with Crippen LogP contribution < -0.4 is 0 Å². The van der Waals surface area contributed by atoms with Crippen molar-refractivity contribution in [2.24, 2.45) is 5.92 Å². The Balaban J connectivity index is 5.24. The van der Waals surface area contributed by atoms with Gasteiger partial charge in [-0.05, 0) is 31.6 Å². The van der Waals surface area contributed by atoms with Crippen LogP contribution in [0.4, 0.5) is 0 Å². The van der Waals surface area contributed by atoms with Crippen LogP contribution in [0.1, 0.15) is 503 Å². The second-order valence-corrected chi connectivity index (χ2v) is 36.4. The topological polar surface area (TPSA) is 237 Å². The predicted molar refractivity (Wildman–Crippen MR) is 460 cm³/mol. The fourth-order valence-corrected chi connectivity index (χ4v) is 16.1. The lowest BCUT2D eigenvalue weighted by Crippen LogP contribution is -2.30. The molecule has 0 heterocycles. The molecule has 0 aliphatic heterocycles. The van der Waals surface area contributed by atoms with E-state index >= 15 is 0 Å². The first kappa shape index (κ1) is 109. The first-order valence-corrected chi connectivity index (χ1v) is 50.6. The molecule has 660 valence electrons. The third-order valence-corrected chi connectivity index (χ3v) is 23.7. The summed E-state index contributed by atoms with van der Waals surface area (Å²) in [6, 6.07) is 0. The van der Waals surface area contributed by atoms with Gasteiger partial charge in [-0.2, -0.15) is 0 Å². The average Bonchev–Trinajstić information content (AvgIpc) is 0.901. The van der Waals surface area contributed by atoms with Crippen LogP contribution in [0.5, 0.6) is 0 Å². The van der Waals surface area contributed by atoms with Crippen LogP contribution in [0.15, 0.2) is 0 Å². The van der Waals surface area contributed by atoms with E-state index in [1.54, 1.807) is 0 Å². The quantitative estimate of drug-likeness (QED) is 0.0222. The highest BCUT2D eigenvalue weighted by Gasteiger charge is 2.31. The number of carbonyl (C=O) groups excluding carboxylic acids is 4. The van der Waals surface area contributed by atoms with E-state index in [-0.39, 0.29) is 25.7 Å². The summed E-state index contributed by atoms with van der Waals surface area (Å²) in [5, 5.41) is 10.7. The number of rotatable bonds is 92. The van der Waals surface area contributed by atoms with E-state index in [0.29, 0.717) is 25.7 Å². The second kappa shape index (κ2) is 84.5. The van der Waals surface area contributed by atoms with Gasteiger partial charge >= 0.3 is 39.5 Å². The zero-order chi connectivity index (χ0) is 81.1. The Morgan fingerprint density at radius 3 is 0.613 bits per heavy atom. The van der Waals surface area contributed by atoms with E-state index in [0.717, 1.165) is 95.8 Å². The molecule has 0 aliphatic rings. The van der Waals surface area contributed by atoms with E-state index in [1.807, 2.05) is 0 Å². The smallest absolute Gasteiger partial charge is 0.462 e. The van der Waals surface area contributed by atoms with Crippen LogP contribution >= 0.6 is 15.6 Å². The lowest BCUT2D eigenvalue weighted by molar-refractivity contribution is -0.161. The summed E-state index contributed by atoms with van der Waals surface area (Å²) in [5.74, 6) is -1.27. The Kier molecular flexibility index (Phi) is 83.0. The summed E-state index contributed by atoms with van der Waals surface area (Å²) < 4.78 is 69.1. The maximum atomic E-state index is 13.2. The molecule has 3 N–H and O–H groups in total. The van der Waals surface area contributed by atoms with E-state index in [2.05, 4.69) is 34.6 Å². The van der Waals surface area contributed by atoms with Gasteiger partial charge in [-0.15, -0.1) is 0 Å². The first-order chi connectivity index (χ1) is 54.0. The minimum atomic E-state index is -4.97. The molecular formula is C92H180O17P2. The molecule has 0 aromatic heterocycles. The Morgan fingerprint density at radius 1 is 0.243 bits per heavy atom. The molecule has 0 fully saturated rings. The van der Waals surface area contributed by atoms with Crippen molar-refractivity contribution >= 4 is 39.5 Å². The van der Waals surface area contributed by atoms with Gasteiger partial charge in [0.05, 0.1) is 26.4 Å². The number of hydrogen-bond donors (Lipinski definition) is 3. The van der Waals surface area contributed by atoms with Crippen LogP contribution in [0.3, 0.4) is 0 Å². The third kappa shape index (κ3) is 85.8. The molecule has 0 aliphatic carbocycles. The third-order valence-electron chi connectivity index (χ3n) is 21.8. The first-order valence-electron chi connectivity index (χ1n) is 47.6. The molecule has 0 aromatic rings. The van der Waals surface area contributed by atoms with Crippen molar-refractivity contribution in [3.8, 4) is 0 Å². The van der Waals surface area contributed by atoms with Crippen molar-refractivity contribution in [3.05, 3.63) is 0 Å². The van der Waals surface area contributed by atoms with Crippen LogP contribution in [0.2, 0.25) is 0 Å². The predicted octanol–water partition coefficient (Wildman–Crippen LogP) is 28.7. The number of esters is 4. The number of hydrogen-bond acceptors (Lipinski definition) is 15. The van der Waals surface area contributed by atoms with E-state index in [1.165, 1.54) is 327 Å². The molecule has 0 spiro atoms. The lowest BCUT2D eigenvalue weighted by Gasteiger charge is -2.21. The molecule has 0 saturated carbocycles. The molecule has 2 unspecified atom stereocenters. The largest absolute Gasteiger partial charge is 0.472 e. The van der Waals surface area contributed by atoms with E-state index < -0.39 is 97.5 Å². The molecule has 0 rings (SSSR count). The Labute approximate surface area is 683 Å². The van der Waals surface area contributed by atoms with Gasteiger partial charge in [0, 0.05) is 25.7 Å². The maximum absolute atomic E-state index is 13.2. The fraction of sp³-hybridized carbons (Fsp3) is 0.957. The van der Waals surface area contributed by atoms with Crippen LogP contribution in [0, 0.1) is 5.92 Å². The Bertz CT molecular complexity index is 2100. The number of aliphatic hydroxyl groups is 1. The van der Waals surface area contributed by atoms with Gasteiger partial charge in [0.15, 0.2) is 12.2 Å². The number of unbranched alkanes of at least 4 members (excludes halogenated alkanes) is 64. The highest BCUT2D eigenvalue weighted by molar-refractivity contribution is 7.47. The van der Waals surface area contributed by atoms with Crippen molar-refractivity contribution in [3.63, 3.8) is 0 Å². The zero-order valence-corrected chi connectivity index (χ0v) is 74.9. The SMILES string of the molecule is CCCCCCCCCCCCCCCCCCCCCCCCC(=O)O[C@H](COC(=O)CCCCCCCCCCCCCCCCCCCCC(C)C)COP(=O)(O)OC[C@@H](O)COP(=O)(O)OC[C@@H](COC(=O)CCCCCCCCCCCCCCC)OC(=O)CCCCCCCCCCCCCCCCC. The second-order valence-electron chi connectivity index (χ2n) is 33.5. The molecule has 0 amide bonds. The van der Waals surface area contributed by atoms with Gasteiger partial charge in [-0.1, -0.05) is 452 Å². The Hall–Kier alpha value is -1.94. The van der Waals surface area contributed by atoms with Crippen molar-refractivity contribution in [1.29, 1.82) is 0 Å². The van der Waals surface area contributed by atoms with Gasteiger partial charge < -0.3 is 33.8 Å². The molecule has 0 bridgehead atoms. The van der Waals surface area contributed by atoms with Crippen molar-refractivity contribution < 1.29 is 80.2 Å². The van der Waals surface area contributed by atoms with E-state index in [4.69, 9.17) is 37.0 Å². The standard InChI is InChI=1S/C92H180O17P2/c1-6-9-12-15-18-21-24-27-29-30-31-32-33-34-39-43-48-53-58-63-68-73-78-92(97)109-88(82-103-90(95)76-71-66-61-56-51-46-42-38-36-35-37-41-45-49-54-59-64-69-74-85(4)5)84-107-111(100,101)105-80-86(93)79-104-110(98,99)106-83-87(81-102-89(94)75-70-65-60-55-50-44-26-23-20-17-14-11-8-3)108-91(96)77-72-67-62-57-52-47-40-28-25-22-19-16-13-10-7-2/h85-88,93H,6-84H2,1-5H3,(H,98,99)(H,100,101)/t86-,87+,88+/m0/s1. The highest BCUT2D eigenvalue weighted by Crippen LogP contribution is 2.45. The summed E-state index contributed by atoms with van der Waals surface area (Å²) in [5.41, 5.74) is 0. The minimum Gasteiger partial charge on any atom is -0.462 e. The summed E-state index contributed by atoms with van der Waals surface area (Å²) in [4.78, 5) is 73.5. The maximum Gasteiger partial charge on any atom is 0.472 e. The molecule has 111 heavy (non-hydrogen) atoms. The number of aliphatic hydroxyl groups excluding tert-OH is 1. The molecule has 0 saturated heterocycles. The van der Waals surface area contributed by atoms with Crippen molar-refractivity contribution in [2.45, 2.75) is 522 Å². The molecule has 17 nitrogen and oxygen atoms in total. The van der Waals surface area contributed by atoms with E-state index in [9.17, 15) is 43.2 Å². The molecule has 5 atom stereocenters. The van der Waals surface area contributed by atoms with Crippen molar-refractivity contribution in [1.82, 2.24) is 0 Å². The fourth-order valence-electron chi connectivity index (χ4n) is 14.5. The lowest BCUT2D eigenvalue weighted by atomic mass is 10.0. The Morgan fingerprint density at radius 2 is 0.414 bits per heavy atom. The van der Waals surface area contributed by atoms with Gasteiger partial charge in [-0.25, -0.2) is 9.13 Å². The molecule has 0 radical (unpaired) electrons.